The lowest BCUT2D eigenvalue weighted by atomic mass is 9.96. The lowest BCUT2D eigenvalue weighted by molar-refractivity contribution is -0.143. The van der Waals surface area contributed by atoms with Crippen LogP contribution in [0.1, 0.15) is 37.0 Å². The van der Waals surface area contributed by atoms with Gasteiger partial charge in [0.05, 0.1) is 17.6 Å². The largest absolute Gasteiger partial charge is 0.490 e. The summed E-state index contributed by atoms with van der Waals surface area (Å²) in [4.78, 5) is 25.2. The summed E-state index contributed by atoms with van der Waals surface area (Å²) in [5.74, 6) is -0.616. The maximum Gasteiger partial charge on any atom is 0.306 e. The van der Waals surface area contributed by atoms with Crippen LogP contribution >= 0.6 is 0 Å². The van der Waals surface area contributed by atoms with Crippen molar-refractivity contribution in [3.05, 3.63) is 29.8 Å². The maximum atomic E-state index is 12.6. The number of carbonyl (C=O) groups excluding carboxylic acids is 1. The number of carboxylic acid groups (broad SMARTS) is 1. The monoisotopic (exact) mass is 291 g/mol. The van der Waals surface area contributed by atoms with Crippen molar-refractivity contribution in [2.24, 2.45) is 5.92 Å². The van der Waals surface area contributed by atoms with Gasteiger partial charge in [-0.2, -0.15) is 0 Å². The Morgan fingerprint density at radius 1 is 1.24 bits per heavy atom. The smallest absolute Gasteiger partial charge is 0.306 e. The van der Waals surface area contributed by atoms with Gasteiger partial charge in [-0.15, -0.1) is 0 Å². The fourth-order valence-corrected chi connectivity index (χ4v) is 2.50. The first kappa shape index (κ1) is 15.4. The van der Waals surface area contributed by atoms with Crippen molar-refractivity contribution in [2.45, 2.75) is 32.8 Å². The van der Waals surface area contributed by atoms with E-state index in [1.807, 2.05) is 26.0 Å². The van der Waals surface area contributed by atoms with Crippen LogP contribution < -0.4 is 4.74 Å². The van der Waals surface area contributed by atoms with Gasteiger partial charge >= 0.3 is 5.97 Å². The molecule has 1 amide bonds. The van der Waals surface area contributed by atoms with Gasteiger partial charge in [0.25, 0.3) is 5.91 Å². The number of likely N-dealkylation sites (tertiary alicyclic amines) is 1. The molecular weight excluding hydrogens is 270 g/mol. The third-order valence-corrected chi connectivity index (χ3v) is 3.61. The molecule has 1 aromatic carbocycles. The highest BCUT2D eigenvalue weighted by molar-refractivity contribution is 5.97. The zero-order chi connectivity index (χ0) is 15.4. The number of amides is 1. The SMILES string of the molecule is CC(C)Oc1ccccc1C(=O)N1CCC(C(=O)O)CC1. The topological polar surface area (TPSA) is 66.8 Å². The number of piperidine rings is 1. The Balaban J connectivity index is 2.09. The predicted molar refractivity (Wildman–Crippen MR) is 78.5 cm³/mol. The van der Waals surface area contributed by atoms with Gasteiger partial charge in [0.1, 0.15) is 5.75 Å². The Morgan fingerprint density at radius 2 is 1.86 bits per heavy atom. The van der Waals surface area contributed by atoms with E-state index < -0.39 is 5.97 Å². The molecule has 1 fully saturated rings. The molecule has 1 aliphatic heterocycles. The molecule has 2 rings (SSSR count). The standard InChI is InChI=1S/C16H21NO4/c1-11(2)21-14-6-4-3-5-13(14)15(18)17-9-7-12(8-10-17)16(19)20/h3-6,11-12H,7-10H2,1-2H3,(H,19,20). The molecule has 1 aliphatic rings. The second kappa shape index (κ2) is 6.61. The van der Waals surface area contributed by atoms with E-state index in [-0.39, 0.29) is 17.9 Å². The van der Waals surface area contributed by atoms with E-state index in [4.69, 9.17) is 9.84 Å². The number of hydrogen-bond acceptors (Lipinski definition) is 3. The fourth-order valence-electron chi connectivity index (χ4n) is 2.50. The summed E-state index contributed by atoms with van der Waals surface area (Å²) < 4.78 is 5.68. The molecule has 0 aromatic heterocycles. The van der Waals surface area contributed by atoms with Crippen LogP contribution in [-0.2, 0) is 4.79 Å². The number of para-hydroxylation sites is 1. The van der Waals surface area contributed by atoms with Crippen LogP contribution in [0.5, 0.6) is 5.75 Å². The van der Waals surface area contributed by atoms with Crippen molar-refractivity contribution < 1.29 is 19.4 Å². The number of carbonyl (C=O) groups is 2. The van der Waals surface area contributed by atoms with Crippen LogP contribution in [0.3, 0.4) is 0 Å². The molecule has 1 saturated heterocycles. The van der Waals surface area contributed by atoms with Crippen LogP contribution in [0.4, 0.5) is 0 Å². The first-order chi connectivity index (χ1) is 9.99. The molecule has 0 aliphatic carbocycles. The molecule has 21 heavy (non-hydrogen) atoms. The first-order valence-electron chi connectivity index (χ1n) is 7.26. The van der Waals surface area contributed by atoms with Gasteiger partial charge in [-0.3, -0.25) is 9.59 Å². The molecular formula is C16H21NO4. The van der Waals surface area contributed by atoms with Gasteiger partial charge in [-0.25, -0.2) is 0 Å². The summed E-state index contributed by atoms with van der Waals surface area (Å²) in [7, 11) is 0. The highest BCUT2D eigenvalue weighted by Gasteiger charge is 2.28. The Bertz CT molecular complexity index is 519. The van der Waals surface area contributed by atoms with Crippen LogP contribution in [-0.4, -0.2) is 41.1 Å². The summed E-state index contributed by atoms with van der Waals surface area (Å²) >= 11 is 0. The number of benzene rings is 1. The average molecular weight is 291 g/mol. The molecule has 5 heteroatoms. The minimum Gasteiger partial charge on any atom is -0.490 e. The number of ether oxygens (including phenoxy) is 1. The van der Waals surface area contributed by atoms with E-state index in [1.165, 1.54) is 0 Å². The van der Waals surface area contributed by atoms with Gasteiger partial charge in [0.2, 0.25) is 0 Å². The molecule has 0 atom stereocenters. The summed E-state index contributed by atoms with van der Waals surface area (Å²) in [6.07, 6.45) is 1.01. The Kier molecular flexibility index (Phi) is 4.83. The summed E-state index contributed by atoms with van der Waals surface area (Å²) in [5.41, 5.74) is 0.542. The normalized spacial score (nSPS) is 16.0. The lowest BCUT2D eigenvalue weighted by Gasteiger charge is -2.30. The Morgan fingerprint density at radius 3 is 2.43 bits per heavy atom. The maximum absolute atomic E-state index is 12.6. The second-order valence-electron chi connectivity index (χ2n) is 5.57. The molecule has 1 aromatic rings. The van der Waals surface area contributed by atoms with Crippen molar-refractivity contribution in [1.29, 1.82) is 0 Å². The zero-order valence-electron chi connectivity index (χ0n) is 12.4. The van der Waals surface area contributed by atoms with E-state index in [0.717, 1.165) is 0 Å². The molecule has 0 bridgehead atoms. The predicted octanol–water partition coefficient (Wildman–Crippen LogP) is 2.41. The summed E-state index contributed by atoms with van der Waals surface area (Å²) in [6, 6.07) is 7.19. The molecule has 1 heterocycles. The number of hydrogen-bond donors (Lipinski definition) is 1. The highest BCUT2D eigenvalue weighted by Crippen LogP contribution is 2.24. The van der Waals surface area contributed by atoms with E-state index in [0.29, 0.717) is 37.2 Å². The number of aliphatic carboxylic acids is 1. The van der Waals surface area contributed by atoms with E-state index in [2.05, 4.69) is 0 Å². The van der Waals surface area contributed by atoms with Gasteiger partial charge in [0.15, 0.2) is 0 Å². The number of nitrogens with zero attached hydrogens (tertiary/aromatic N) is 1. The second-order valence-corrected chi connectivity index (χ2v) is 5.57. The summed E-state index contributed by atoms with van der Waals surface area (Å²) in [5, 5.41) is 9.00. The van der Waals surface area contributed by atoms with E-state index in [1.54, 1.807) is 17.0 Å². The molecule has 0 saturated carbocycles. The van der Waals surface area contributed by atoms with Crippen LogP contribution in [0.15, 0.2) is 24.3 Å². The van der Waals surface area contributed by atoms with Gasteiger partial charge in [-0.1, -0.05) is 12.1 Å². The van der Waals surface area contributed by atoms with Crippen molar-refractivity contribution >= 4 is 11.9 Å². The van der Waals surface area contributed by atoms with E-state index in [9.17, 15) is 9.59 Å². The Labute approximate surface area is 124 Å². The van der Waals surface area contributed by atoms with Gasteiger partial charge in [-0.05, 0) is 38.8 Å². The van der Waals surface area contributed by atoms with Gasteiger partial charge < -0.3 is 14.7 Å². The average Bonchev–Trinajstić information content (AvgIpc) is 2.46. The third-order valence-electron chi connectivity index (χ3n) is 3.61. The van der Waals surface area contributed by atoms with E-state index >= 15 is 0 Å². The lowest BCUT2D eigenvalue weighted by Crippen LogP contribution is -2.40. The highest BCUT2D eigenvalue weighted by atomic mass is 16.5. The summed E-state index contributed by atoms with van der Waals surface area (Å²) in [6.45, 7) is 4.79. The third kappa shape index (κ3) is 3.74. The van der Waals surface area contributed by atoms with Crippen molar-refractivity contribution in [3.63, 3.8) is 0 Å². The Hall–Kier alpha value is -2.04. The molecule has 1 N–H and O–H groups in total. The van der Waals surface area contributed by atoms with Crippen molar-refractivity contribution in [1.82, 2.24) is 4.90 Å². The minimum absolute atomic E-state index is 0.00306. The molecule has 0 unspecified atom stereocenters. The van der Waals surface area contributed by atoms with Crippen molar-refractivity contribution in [2.75, 3.05) is 13.1 Å². The number of carboxylic acids is 1. The minimum atomic E-state index is -0.773. The van der Waals surface area contributed by atoms with Gasteiger partial charge in [0, 0.05) is 13.1 Å². The number of rotatable bonds is 4. The molecule has 0 spiro atoms. The van der Waals surface area contributed by atoms with Crippen LogP contribution in [0, 0.1) is 5.92 Å². The van der Waals surface area contributed by atoms with Crippen LogP contribution in [0.2, 0.25) is 0 Å². The van der Waals surface area contributed by atoms with Crippen molar-refractivity contribution in [3.8, 4) is 5.75 Å². The molecule has 114 valence electrons. The molecule has 5 nitrogen and oxygen atoms in total. The van der Waals surface area contributed by atoms with Crippen LogP contribution in [0.25, 0.3) is 0 Å². The fraction of sp³-hybridized carbons (Fsp3) is 0.500. The zero-order valence-corrected chi connectivity index (χ0v) is 12.4. The quantitative estimate of drug-likeness (QED) is 0.925. The molecule has 0 radical (unpaired) electrons. The first-order valence-corrected chi connectivity index (χ1v) is 7.26.